The Balaban J connectivity index is 1.78. The molecule has 1 heterocycles. The van der Waals surface area contributed by atoms with Crippen LogP contribution in [0.1, 0.15) is 10.4 Å². The molecule has 27 heavy (non-hydrogen) atoms. The third-order valence-electron chi connectivity index (χ3n) is 4.20. The van der Waals surface area contributed by atoms with Gasteiger partial charge in [0.2, 0.25) is 0 Å². The second-order valence-electron chi connectivity index (χ2n) is 6.69. The van der Waals surface area contributed by atoms with Crippen LogP contribution in [0.4, 0.5) is 5.69 Å². The Bertz CT molecular complexity index is 931. The van der Waals surface area contributed by atoms with Gasteiger partial charge in [-0.1, -0.05) is 24.3 Å². The van der Waals surface area contributed by atoms with Gasteiger partial charge in [-0.2, -0.15) is 5.10 Å². The van der Waals surface area contributed by atoms with Gasteiger partial charge in [-0.15, -0.1) is 0 Å². The minimum Gasteiger partial charge on any atom is -0.496 e. The smallest absolute Gasteiger partial charge is 0.256 e. The fourth-order valence-corrected chi connectivity index (χ4v) is 3.09. The molecule has 1 amide bonds. The molecular formula is C20H24N4O3. The first-order valence-electron chi connectivity index (χ1n) is 8.70. The number of hydrogen-bond donors (Lipinski definition) is 2. The molecule has 2 aromatic carbocycles. The Morgan fingerprint density at radius 3 is 2.74 bits per heavy atom. The van der Waals surface area contributed by atoms with Crippen LogP contribution in [-0.4, -0.2) is 59.5 Å². The molecule has 0 radical (unpaired) electrons. The van der Waals surface area contributed by atoms with Gasteiger partial charge in [0, 0.05) is 18.1 Å². The highest BCUT2D eigenvalue weighted by molar-refractivity contribution is 6.14. The summed E-state index contributed by atoms with van der Waals surface area (Å²) in [6.45, 7) is 0.896. The van der Waals surface area contributed by atoms with Gasteiger partial charge in [0.1, 0.15) is 5.75 Å². The first-order chi connectivity index (χ1) is 13.0. The van der Waals surface area contributed by atoms with Crippen molar-refractivity contribution in [2.75, 3.05) is 33.1 Å². The van der Waals surface area contributed by atoms with Crippen molar-refractivity contribution in [1.82, 2.24) is 14.7 Å². The van der Waals surface area contributed by atoms with Gasteiger partial charge in [-0.05, 0) is 31.6 Å². The van der Waals surface area contributed by atoms with Crippen molar-refractivity contribution in [2.24, 2.45) is 0 Å². The number of likely N-dealkylation sites (N-methyl/N-ethyl adjacent to an activating group) is 1. The molecule has 0 aliphatic carbocycles. The molecule has 7 heteroatoms. The molecule has 2 N–H and O–H groups in total. The minimum absolute atomic E-state index is 0.238. The van der Waals surface area contributed by atoms with Crippen LogP contribution in [0.15, 0.2) is 48.8 Å². The fraction of sp³-hybridized carbons (Fsp3) is 0.300. The van der Waals surface area contributed by atoms with E-state index in [0.717, 1.165) is 10.8 Å². The molecule has 142 valence electrons. The number of anilines is 1. The molecule has 3 aromatic rings. The highest BCUT2D eigenvalue weighted by atomic mass is 16.5. The van der Waals surface area contributed by atoms with E-state index < -0.39 is 6.10 Å². The van der Waals surface area contributed by atoms with Crippen molar-refractivity contribution in [3.05, 3.63) is 54.4 Å². The number of hydrogen-bond acceptors (Lipinski definition) is 5. The van der Waals surface area contributed by atoms with E-state index in [4.69, 9.17) is 4.74 Å². The fourth-order valence-electron chi connectivity index (χ4n) is 3.09. The number of aliphatic hydroxyl groups is 1. The highest BCUT2D eigenvalue weighted by Crippen LogP contribution is 2.29. The number of carbonyl (C=O) groups excluding carboxylic acids is 1. The number of benzene rings is 2. The summed E-state index contributed by atoms with van der Waals surface area (Å²) >= 11 is 0. The van der Waals surface area contributed by atoms with Gasteiger partial charge >= 0.3 is 0 Å². The minimum atomic E-state index is -0.536. The SMILES string of the molecule is COc1cccc2cccc(C(=O)Nc3cnn(CC(O)CN(C)C)c3)c12. The molecule has 3 rings (SSSR count). The van der Waals surface area contributed by atoms with Crippen molar-refractivity contribution in [3.63, 3.8) is 0 Å². The van der Waals surface area contributed by atoms with E-state index in [-0.39, 0.29) is 5.91 Å². The zero-order valence-corrected chi connectivity index (χ0v) is 15.7. The second kappa shape index (κ2) is 8.20. The summed E-state index contributed by atoms with van der Waals surface area (Å²) in [5.41, 5.74) is 1.11. The Hall–Kier alpha value is -2.90. The van der Waals surface area contributed by atoms with Gasteiger partial charge in [0.05, 0.1) is 37.2 Å². The van der Waals surface area contributed by atoms with Crippen LogP contribution < -0.4 is 10.1 Å². The number of carbonyl (C=O) groups is 1. The van der Waals surface area contributed by atoms with Crippen LogP contribution in [-0.2, 0) is 6.54 Å². The molecule has 0 saturated heterocycles. The van der Waals surface area contributed by atoms with Crippen LogP contribution in [0.3, 0.4) is 0 Å². The van der Waals surface area contributed by atoms with Gasteiger partial charge in [0.15, 0.2) is 0 Å². The van der Waals surface area contributed by atoms with E-state index in [1.807, 2.05) is 49.3 Å². The zero-order valence-electron chi connectivity index (χ0n) is 15.7. The number of amides is 1. The molecule has 1 atom stereocenters. The Labute approximate surface area is 158 Å². The monoisotopic (exact) mass is 368 g/mol. The zero-order chi connectivity index (χ0) is 19.4. The van der Waals surface area contributed by atoms with Gasteiger partial charge in [0.25, 0.3) is 5.91 Å². The second-order valence-corrected chi connectivity index (χ2v) is 6.69. The maximum Gasteiger partial charge on any atom is 0.256 e. The summed E-state index contributed by atoms with van der Waals surface area (Å²) in [4.78, 5) is 14.7. The van der Waals surface area contributed by atoms with Crippen LogP contribution >= 0.6 is 0 Å². The first kappa shape index (κ1) is 18.9. The number of aromatic nitrogens is 2. The molecule has 0 saturated carbocycles. The molecule has 0 fully saturated rings. The lowest BCUT2D eigenvalue weighted by Gasteiger charge is -2.15. The molecule has 0 bridgehead atoms. The van der Waals surface area contributed by atoms with Gasteiger partial charge in [-0.3, -0.25) is 9.48 Å². The third kappa shape index (κ3) is 4.45. The Morgan fingerprint density at radius 2 is 2.04 bits per heavy atom. The summed E-state index contributed by atoms with van der Waals surface area (Å²) in [5.74, 6) is 0.416. The third-order valence-corrected chi connectivity index (χ3v) is 4.20. The van der Waals surface area contributed by atoms with E-state index in [2.05, 4.69) is 10.4 Å². The average molecular weight is 368 g/mol. The van der Waals surface area contributed by atoms with Crippen LogP contribution in [0.2, 0.25) is 0 Å². The molecule has 1 unspecified atom stereocenters. The van der Waals surface area contributed by atoms with Gasteiger partial charge < -0.3 is 20.1 Å². The molecule has 1 aromatic heterocycles. The predicted molar refractivity (Wildman–Crippen MR) is 105 cm³/mol. The number of nitrogens with one attached hydrogen (secondary N) is 1. The predicted octanol–water partition coefficient (Wildman–Crippen LogP) is 2.22. The first-order valence-corrected chi connectivity index (χ1v) is 8.70. The van der Waals surface area contributed by atoms with Crippen LogP contribution in [0.25, 0.3) is 10.8 Å². The lowest BCUT2D eigenvalue weighted by molar-refractivity contribution is 0.102. The number of fused-ring (bicyclic) bond motifs is 1. The summed E-state index contributed by atoms with van der Waals surface area (Å²) in [7, 11) is 5.39. The van der Waals surface area contributed by atoms with E-state index >= 15 is 0 Å². The standard InChI is InChI=1S/C20H24N4O3/c1-23(2)12-16(25)13-24-11-15(10-21-24)22-20(26)17-8-4-6-14-7-5-9-18(27-3)19(14)17/h4-11,16,25H,12-13H2,1-3H3,(H,22,26). The normalized spacial score (nSPS) is 12.3. The van der Waals surface area contributed by atoms with E-state index in [1.165, 1.54) is 0 Å². The van der Waals surface area contributed by atoms with Gasteiger partial charge in [-0.25, -0.2) is 0 Å². The summed E-state index contributed by atoms with van der Waals surface area (Å²) in [5, 5.41) is 18.8. The average Bonchev–Trinajstić information content (AvgIpc) is 3.06. The van der Waals surface area contributed by atoms with Crippen molar-refractivity contribution in [2.45, 2.75) is 12.6 Å². The topological polar surface area (TPSA) is 79.6 Å². The van der Waals surface area contributed by atoms with E-state index in [1.54, 1.807) is 30.3 Å². The maximum absolute atomic E-state index is 12.8. The van der Waals surface area contributed by atoms with Crippen molar-refractivity contribution < 1.29 is 14.6 Å². The van der Waals surface area contributed by atoms with E-state index in [9.17, 15) is 9.90 Å². The van der Waals surface area contributed by atoms with Crippen molar-refractivity contribution >= 4 is 22.4 Å². The number of methoxy groups -OCH3 is 1. The van der Waals surface area contributed by atoms with Crippen molar-refractivity contribution in [1.29, 1.82) is 0 Å². The molecule has 0 aliphatic rings. The summed E-state index contributed by atoms with van der Waals surface area (Å²) in [6.07, 6.45) is 2.74. The number of aliphatic hydroxyl groups excluding tert-OH is 1. The lowest BCUT2D eigenvalue weighted by atomic mass is 10.0. The van der Waals surface area contributed by atoms with Crippen LogP contribution in [0, 0.1) is 0 Å². The number of rotatable bonds is 7. The Kier molecular flexibility index (Phi) is 5.73. The largest absolute Gasteiger partial charge is 0.496 e. The van der Waals surface area contributed by atoms with E-state index in [0.29, 0.717) is 30.1 Å². The summed E-state index contributed by atoms with van der Waals surface area (Å²) < 4.78 is 7.04. The quantitative estimate of drug-likeness (QED) is 0.668. The Morgan fingerprint density at radius 1 is 1.30 bits per heavy atom. The molecule has 0 spiro atoms. The molecule has 7 nitrogen and oxygen atoms in total. The maximum atomic E-state index is 12.8. The summed E-state index contributed by atoms with van der Waals surface area (Å²) in [6, 6.07) is 11.2. The molecular weight excluding hydrogens is 344 g/mol. The number of nitrogens with zero attached hydrogens (tertiary/aromatic N) is 3. The molecule has 0 aliphatic heterocycles. The highest BCUT2D eigenvalue weighted by Gasteiger charge is 2.15. The lowest BCUT2D eigenvalue weighted by Crippen LogP contribution is -2.29. The van der Waals surface area contributed by atoms with Crippen molar-refractivity contribution in [3.8, 4) is 5.75 Å². The van der Waals surface area contributed by atoms with Crippen LogP contribution in [0.5, 0.6) is 5.75 Å². The number of ether oxygens (including phenoxy) is 1.